The van der Waals surface area contributed by atoms with Crippen LogP contribution in [0.1, 0.15) is 48.4 Å². The Hall–Kier alpha value is -4.25. The molecule has 0 aliphatic heterocycles. The highest BCUT2D eigenvalue weighted by Gasteiger charge is 2.32. The summed E-state index contributed by atoms with van der Waals surface area (Å²) in [6, 6.07) is 35.1. The lowest BCUT2D eigenvalue weighted by Crippen LogP contribution is -2.51. The van der Waals surface area contributed by atoms with Gasteiger partial charge in [-0.15, -0.1) is 0 Å². The normalized spacial score (nSPS) is 11.8. The van der Waals surface area contributed by atoms with Gasteiger partial charge in [0.25, 0.3) is 0 Å². The lowest BCUT2D eigenvalue weighted by atomic mass is 9.87. The average molecular weight is 537 g/mol. The second-order valence-corrected chi connectivity index (χ2v) is 10.5. The Kier molecular flexibility index (Phi) is 10.2. The van der Waals surface area contributed by atoms with Gasteiger partial charge in [0, 0.05) is 37.4 Å². The molecule has 4 nitrogen and oxygen atoms in total. The predicted octanol–water partition coefficient (Wildman–Crippen LogP) is 6.76. The third-order valence-electron chi connectivity index (χ3n) is 7.04. The number of benzene rings is 4. The zero-order chi connectivity index (χ0) is 28.3. The monoisotopic (exact) mass is 536 g/mol. The Morgan fingerprint density at radius 2 is 1.27 bits per heavy atom. The summed E-state index contributed by atoms with van der Waals surface area (Å²) >= 11 is 0. The van der Waals surface area contributed by atoms with Crippen LogP contribution in [0.15, 0.2) is 115 Å². The number of carbonyl (C=O) groups is 2. The van der Waals surface area contributed by atoms with Crippen LogP contribution in [0.2, 0.25) is 0 Å². The van der Waals surface area contributed by atoms with E-state index in [1.807, 2.05) is 105 Å². The molecule has 0 spiro atoms. The summed E-state index contributed by atoms with van der Waals surface area (Å²) < 4.78 is 14.9. The van der Waals surface area contributed by atoms with Crippen molar-refractivity contribution < 1.29 is 14.0 Å². The molecule has 206 valence electrons. The van der Waals surface area contributed by atoms with Crippen molar-refractivity contribution in [1.82, 2.24) is 10.2 Å². The van der Waals surface area contributed by atoms with Crippen LogP contribution in [0.4, 0.5) is 4.39 Å². The standard InChI is InChI=1S/C35H37FN2O2/c1-26(2)24-37-35(40)33(22-27-14-6-3-7-15-27)38(25-30-20-12-13-21-32(30)36)34(39)23-31(28-16-8-4-9-17-28)29-18-10-5-11-19-29/h3-21,26,31,33H,22-25H2,1-2H3,(H,37,40)/t33-/m1/s1. The predicted molar refractivity (Wildman–Crippen MR) is 158 cm³/mol. The minimum Gasteiger partial charge on any atom is -0.354 e. The number of halogens is 1. The molecule has 0 aromatic heterocycles. The highest BCUT2D eigenvalue weighted by molar-refractivity contribution is 5.88. The number of rotatable bonds is 12. The molecule has 0 saturated carbocycles. The van der Waals surface area contributed by atoms with Crippen LogP contribution in [0.5, 0.6) is 0 Å². The van der Waals surface area contributed by atoms with Crippen molar-refractivity contribution >= 4 is 11.8 Å². The van der Waals surface area contributed by atoms with Crippen molar-refractivity contribution in [3.05, 3.63) is 143 Å². The van der Waals surface area contributed by atoms with Crippen LogP contribution >= 0.6 is 0 Å². The van der Waals surface area contributed by atoms with Gasteiger partial charge in [0.2, 0.25) is 11.8 Å². The molecule has 0 bridgehead atoms. The largest absolute Gasteiger partial charge is 0.354 e. The van der Waals surface area contributed by atoms with Crippen LogP contribution in [0.3, 0.4) is 0 Å². The van der Waals surface area contributed by atoms with Gasteiger partial charge in [0.15, 0.2) is 0 Å². The molecule has 0 aliphatic rings. The zero-order valence-electron chi connectivity index (χ0n) is 23.2. The molecular formula is C35H37FN2O2. The zero-order valence-corrected chi connectivity index (χ0v) is 23.2. The van der Waals surface area contributed by atoms with Crippen LogP contribution < -0.4 is 5.32 Å². The molecule has 1 N–H and O–H groups in total. The topological polar surface area (TPSA) is 49.4 Å². The van der Waals surface area contributed by atoms with E-state index in [0.717, 1.165) is 16.7 Å². The Labute approximate surface area is 236 Å². The minimum atomic E-state index is -0.805. The summed E-state index contributed by atoms with van der Waals surface area (Å²) in [5.41, 5.74) is 3.33. The molecule has 0 radical (unpaired) electrons. The molecule has 40 heavy (non-hydrogen) atoms. The van der Waals surface area contributed by atoms with Crippen molar-refractivity contribution in [2.24, 2.45) is 5.92 Å². The van der Waals surface area contributed by atoms with E-state index in [1.165, 1.54) is 6.07 Å². The molecule has 1 atom stereocenters. The van der Waals surface area contributed by atoms with Gasteiger partial charge in [-0.25, -0.2) is 4.39 Å². The first-order valence-corrected chi connectivity index (χ1v) is 13.9. The van der Waals surface area contributed by atoms with Gasteiger partial charge >= 0.3 is 0 Å². The van der Waals surface area contributed by atoms with Crippen LogP contribution in [-0.4, -0.2) is 29.3 Å². The second-order valence-electron chi connectivity index (χ2n) is 10.5. The second kappa shape index (κ2) is 14.2. The molecular weight excluding hydrogens is 499 g/mol. The number of nitrogens with one attached hydrogen (secondary N) is 1. The van der Waals surface area contributed by atoms with Gasteiger partial charge < -0.3 is 10.2 Å². The van der Waals surface area contributed by atoms with Crippen molar-refractivity contribution in [3.63, 3.8) is 0 Å². The van der Waals surface area contributed by atoms with E-state index in [4.69, 9.17) is 0 Å². The summed E-state index contributed by atoms with van der Waals surface area (Å²) in [5, 5.41) is 3.03. The van der Waals surface area contributed by atoms with E-state index in [-0.39, 0.29) is 36.6 Å². The summed E-state index contributed by atoms with van der Waals surface area (Å²) in [6.45, 7) is 4.54. The fourth-order valence-corrected chi connectivity index (χ4v) is 4.88. The molecule has 0 saturated heterocycles. The number of carbonyl (C=O) groups excluding carboxylic acids is 2. The van der Waals surface area contributed by atoms with Gasteiger partial charge in [0.05, 0.1) is 0 Å². The molecule has 5 heteroatoms. The lowest BCUT2D eigenvalue weighted by Gasteiger charge is -2.33. The molecule has 0 aliphatic carbocycles. The third kappa shape index (κ3) is 7.89. The number of hydrogen-bond acceptors (Lipinski definition) is 2. The summed E-state index contributed by atoms with van der Waals surface area (Å²) in [5.74, 6) is -0.810. The first-order valence-electron chi connectivity index (χ1n) is 13.9. The fraction of sp³-hybridized carbons (Fsp3) is 0.257. The quantitative estimate of drug-likeness (QED) is 0.218. The van der Waals surface area contributed by atoms with Gasteiger partial charge in [-0.1, -0.05) is 123 Å². The minimum absolute atomic E-state index is 0.00555. The number of amides is 2. The van der Waals surface area contributed by atoms with Crippen molar-refractivity contribution in [2.75, 3.05) is 6.54 Å². The smallest absolute Gasteiger partial charge is 0.243 e. The maximum Gasteiger partial charge on any atom is 0.243 e. The third-order valence-corrected chi connectivity index (χ3v) is 7.04. The first kappa shape index (κ1) is 28.8. The Bertz CT molecular complexity index is 1320. The average Bonchev–Trinajstić information content (AvgIpc) is 2.98. The SMILES string of the molecule is CC(C)CNC(=O)[C@@H](Cc1ccccc1)N(Cc1ccccc1F)C(=O)CC(c1ccccc1)c1ccccc1. The molecule has 0 fully saturated rings. The van der Waals surface area contributed by atoms with E-state index >= 15 is 0 Å². The maximum atomic E-state index is 14.9. The first-order chi connectivity index (χ1) is 19.4. The Morgan fingerprint density at radius 3 is 1.82 bits per heavy atom. The maximum absolute atomic E-state index is 14.9. The van der Waals surface area contributed by atoms with Crippen molar-refractivity contribution in [2.45, 2.75) is 45.2 Å². The van der Waals surface area contributed by atoms with E-state index in [1.54, 1.807) is 23.1 Å². The highest BCUT2D eigenvalue weighted by atomic mass is 19.1. The fourth-order valence-electron chi connectivity index (χ4n) is 4.88. The van der Waals surface area contributed by atoms with Crippen LogP contribution in [-0.2, 0) is 22.6 Å². The van der Waals surface area contributed by atoms with Gasteiger partial charge in [-0.3, -0.25) is 9.59 Å². The molecule has 0 unspecified atom stereocenters. The highest BCUT2D eigenvalue weighted by Crippen LogP contribution is 2.30. The Morgan fingerprint density at radius 1 is 0.750 bits per heavy atom. The molecule has 4 aromatic carbocycles. The summed E-state index contributed by atoms with van der Waals surface area (Å²) in [7, 11) is 0. The van der Waals surface area contributed by atoms with Crippen molar-refractivity contribution in [3.8, 4) is 0 Å². The van der Waals surface area contributed by atoms with Gasteiger partial charge in [-0.05, 0) is 28.7 Å². The van der Waals surface area contributed by atoms with Crippen LogP contribution in [0, 0.1) is 11.7 Å². The number of hydrogen-bond donors (Lipinski definition) is 1. The van der Waals surface area contributed by atoms with E-state index < -0.39 is 11.9 Å². The van der Waals surface area contributed by atoms with Crippen LogP contribution in [0.25, 0.3) is 0 Å². The van der Waals surface area contributed by atoms with E-state index in [0.29, 0.717) is 18.5 Å². The van der Waals surface area contributed by atoms with Gasteiger partial charge in [0.1, 0.15) is 11.9 Å². The molecule has 2 amide bonds. The van der Waals surface area contributed by atoms with E-state index in [2.05, 4.69) is 5.32 Å². The van der Waals surface area contributed by atoms with Gasteiger partial charge in [-0.2, -0.15) is 0 Å². The number of nitrogens with zero attached hydrogens (tertiary/aromatic N) is 1. The molecule has 4 aromatic rings. The Balaban J connectivity index is 1.73. The molecule has 0 heterocycles. The van der Waals surface area contributed by atoms with Crippen molar-refractivity contribution in [1.29, 1.82) is 0 Å². The molecule has 4 rings (SSSR count). The summed E-state index contributed by atoms with van der Waals surface area (Å²) in [4.78, 5) is 29.6. The van der Waals surface area contributed by atoms with E-state index in [9.17, 15) is 14.0 Å². The summed E-state index contributed by atoms with van der Waals surface area (Å²) in [6.07, 6.45) is 0.470. The lowest BCUT2D eigenvalue weighted by molar-refractivity contribution is -0.141.